The number of carbonyl (C=O) groups excluding carboxylic acids is 1. The Morgan fingerprint density at radius 3 is 2.84 bits per heavy atom. The largest absolute Gasteiger partial charge is 0.489 e. The summed E-state index contributed by atoms with van der Waals surface area (Å²) in [5.41, 5.74) is 0.340. The first-order valence-corrected chi connectivity index (χ1v) is 6.75. The quantitative estimate of drug-likeness (QED) is 0.701. The second kappa shape index (κ2) is 8.48. The summed E-state index contributed by atoms with van der Waals surface area (Å²) in [5.74, 6) is 0.325. The Kier molecular flexibility index (Phi) is 6.89. The number of aromatic nitrogens is 1. The van der Waals surface area contributed by atoms with E-state index in [1.165, 1.54) is 0 Å². The molecule has 1 heterocycles. The van der Waals surface area contributed by atoms with Gasteiger partial charge in [-0.1, -0.05) is 6.92 Å². The molecule has 5 heteroatoms. The van der Waals surface area contributed by atoms with Crippen LogP contribution in [-0.4, -0.2) is 36.6 Å². The molecule has 0 atom stereocenters. The normalized spacial score (nSPS) is 10.5. The van der Waals surface area contributed by atoms with E-state index in [9.17, 15) is 4.79 Å². The Morgan fingerprint density at radius 2 is 2.16 bits per heavy atom. The Morgan fingerprint density at radius 1 is 1.37 bits per heavy atom. The first-order chi connectivity index (χ1) is 9.15. The van der Waals surface area contributed by atoms with Crippen LogP contribution in [-0.2, 0) is 0 Å². The van der Waals surface area contributed by atoms with Gasteiger partial charge in [-0.15, -0.1) is 0 Å². The summed E-state index contributed by atoms with van der Waals surface area (Å²) < 4.78 is 5.57. The molecule has 0 aliphatic rings. The number of pyridine rings is 1. The van der Waals surface area contributed by atoms with Crippen molar-refractivity contribution in [3.05, 3.63) is 24.0 Å². The molecule has 0 fully saturated rings. The van der Waals surface area contributed by atoms with E-state index in [0.29, 0.717) is 18.0 Å². The summed E-state index contributed by atoms with van der Waals surface area (Å²) in [6, 6.07) is 3.52. The number of rotatable bonds is 8. The van der Waals surface area contributed by atoms with Crippen molar-refractivity contribution in [1.82, 2.24) is 15.6 Å². The molecule has 1 aromatic heterocycles. The van der Waals surface area contributed by atoms with Gasteiger partial charge in [0.25, 0.3) is 5.91 Å². The zero-order valence-corrected chi connectivity index (χ0v) is 11.9. The van der Waals surface area contributed by atoms with Crippen molar-refractivity contribution < 1.29 is 9.53 Å². The highest BCUT2D eigenvalue weighted by Gasteiger charge is 2.14. The monoisotopic (exact) mass is 265 g/mol. The Labute approximate surface area is 114 Å². The predicted molar refractivity (Wildman–Crippen MR) is 75.5 cm³/mol. The first kappa shape index (κ1) is 15.4. The molecule has 1 rings (SSSR count). The maximum Gasteiger partial charge on any atom is 0.273 e. The van der Waals surface area contributed by atoms with Crippen molar-refractivity contribution in [2.24, 2.45) is 0 Å². The molecule has 5 nitrogen and oxygen atoms in total. The number of carbonyl (C=O) groups is 1. The molecular weight excluding hydrogens is 242 g/mol. The van der Waals surface area contributed by atoms with E-state index in [4.69, 9.17) is 4.74 Å². The fraction of sp³-hybridized carbons (Fsp3) is 0.571. The van der Waals surface area contributed by atoms with E-state index >= 15 is 0 Å². The Balaban J connectivity index is 2.51. The van der Waals surface area contributed by atoms with Gasteiger partial charge in [-0.3, -0.25) is 4.79 Å². The third kappa shape index (κ3) is 5.70. The summed E-state index contributed by atoms with van der Waals surface area (Å²) in [6.45, 7) is 8.24. The highest BCUT2D eigenvalue weighted by molar-refractivity contribution is 5.94. The lowest BCUT2D eigenvalue weighted by Crippen LogP contribution is -2.32. The van der Waals surface area contributed by atoms with E-state index in [0.717, 1.165) is 19.5 Å². The summed E-state index contributed by atoms with van der Waals surface area (Å²) in [4.78, 5) is 16.1. The van der Waals surface area contributed by atoms with E-state index in [2.05, 4.69) is 22.5 Å². The van der Waals surface area contributed by atoms with Gasteiger partial charge in [-0.25, -0.2) is 4.98 Å². The van der Waals surface area contributed by atoms with Crippen molar-refractivity contribution in [2.75, 3.05) is 19.6 Å². The molecule has 0 radical (unpaired) electrons. The molecule has 0 saturated heterocycles. The average molecular weight is 265 g/mol. The molecule has 1 aromatic rings. The molecule has 19 heavy (non-hydrogen) atoms. The van der Waals surface area contributed by atoms with Crippen molar-refractivity contribution in [2.45, 2.75) is 33.3 Å². The van der Waals surface area contributed by atoms with Crippen LogP contribution < -0.4 is 15.4 Å². The molecular formula is C14H23N3O2. The number of hydrogen-bond donors (Lipinski definition) is 2. The number of nitrogens with zero attached hydrogens (tertiary/aromatic N) is 1. The maximum absolute atomic E-state index is 12.0. The fourth-order valence-corrected chi connectivity index (χ4v) is 1.56. The number of hydrogen-bond acceptors (Lipinski definition) is 4. The first-order valence-electron chi connectivity index (χ1n) is 6.75. The van der Waals surface area contributed by atoms with E-state index in [1.807, 2.05) is 13.8 Å². The lowest BCUT2D eigenvalue weighted by molar-refractivity contribution is 0.0942. The molecule has 0 saturated carbocycles. The zero-order chi connectivity index (χ0) is 14.1. The average Bonchev–Trinajstić information content (AvgIpc) is 2.38. The van der Waals surface area contributed by atoms with Gasteiger partial charge in [0.1, 0.15) is 0 Å². The van der Waals surface area contributed by atoms with Crippen LogP contribution in [0.1, 0.15) is 37.7 Å². The van der Waals surface area contributed by atoms with Gasteiger partial charge >= 0.3 is 0 Å². The van der Waals surface area contributed by atoms with Gasteiger partial charge in [0.05, 0.1) is 6.10 Å². The standard InChI is InChI=1S/C14H23N3O2/c1-4-7-15-9-10-17-14(18)13-12(19-11(2)3)6-5-8-16-13/h5-6,8,11,15H,4,7,9-10H2,1-3H3,(H,17,18). The second-order valence-corrected chi connectivity index (χ2v) is 4.52. The molecule has 0 aromatic carbocycles. The van der Waals surface area contributed by atoms with Gasteiger partial charge in [-0.2, -0.15) is 0 Å². The second-order valence-electron chi connectivity index (χ2n) is 4.52. The minimum atomic E-state index is -0.199. The van der Waals surface area contributed by atoms with Crippen LogP contribution in [0, 0.1) is 0 Å². The number of nitrogens with one attached hydrogen (secondary N) is 2. The van der Waals surface area contributed by atoms with E-state index < -0.39 is 0 Å². The lowest BCUT2D eigenvalue weighted by Gasteiger charge is -2.13. The van der Waals surface area contributed by atoms with Crippen LogP contribution in [0.15, 0.2) is 18.3 Å². The topological polar surface area (TPSA) is 63.2 Å². The van der Waals surface area contributed by atoms with Crippen LogP contribution in [0.5, 0.6) is 5.75 Å². The fourth-order valence-electron chi connectivity index (χ4n) is 1.56. The molecule has 106 valence electrons. The smallest absolute Gasteiger partial charge is 0.273 e. The van der Waals surface area contributed by atoms with E-state index in [-0.39, 0.29) is 12.0 Å². The maximum atomic E-state index is 12.0. The van der Waals surface area contributed by atoms with Crippen LogP contribution in [0.3, 0.4) is 0 Å². The molecule has 0 aliphatic heterocycles. The molecule has 0 aliphatic carbocycles. The summed E-state index contributed by atoms with van der Waals surface area (Å²) in [6.07, 6.45) is 2.69. The molecule has 0 spiro atoms. The van der Waals surface area contributed by atoms with Gasteiger partial charge in [-0.05, 0) is 38.9 Å². The van der Waals surface area contributed by atoms with Gasteiger partial charge in [0.15, 0.2) is 11.4 Å². The van der Waals surface area contributed by atoms with Crippen molar-refractivity contribution in [3.63, 3.8) is 0 Å². The molecule has 0 unspecified atom stereocenters. The molecule has 1 amide bonds. The van der Waals surface area contributed by atoms with Gasteiger partial charge in [0, 0.05) is 19.3 Å². The lowest BCUT2D eigenvalue weighted by atomic mass is 10.3. The summed E-state index contributed by atoms with van der Waals surface area (Å²) in [7, 11) is 0. The van der Waals surface area contributed by atoms with Crippen LogP contribution in [0.25, 0.3) is 0 Å². The van der Waals surface area contributed by atoms with Crippen LogP contribution in [0.4, 0.5) is 0 Å². The Hall–Kier alpha value is -1.62. The van der Waals surface area contributed by atoms with Crippen molar-refractivity contribution in [1.29, 1.82) is 0 Å². The third-order valence-corrected chi connectivity index (χ3v) is 2.36. The minimum absolute atomic E-state index is 0.0157. The van der Waals surface area contributed by atoms with Crippen molar-refractivity contribution in [3.8, 4) is 5.75 Å². The zero-order valence-electron chi connectivity index (χ0n) is 11.9. The third-order valence-electron chi connectivity index (χ3n) is 2.36. The van der Waals surface area contributed by atoms with Crippen LogP contribution in [0.2, 0.25) is 0 Å². The predicted octanol–water partition coefficient (Wildman–Crippen LogP) is 1.60. The number of ether oxygens (including phenoxy) is 1. The molecule has 0 bridgehead atoms. The number of amides is 1. The highest BCUT2D eigenvalue weighted by atomic mass is 16.5. The minimum Gasteiger partial charge on any atom is -0.489 e. The molecule has 2 N–H and O–H groups in total. The van der Waals surface area contributed by atoms with E-state index in [1.54, 1.807) is 18.3 Å². The summed E-state index contributed by atoms with van der Waals surface area (Å²) in [5, 5.41) is 6.05. The highest BCUT2D eigenvalue weighted by Crippen LogP contribution is 2.16. The van der Waals surface area contributed by atoms with Crippen molar-refractivity contribution >= 4 is 5.91 Å². The van der Waals surface area contributed by atoms with Gasteiger partial charge < -0.3 is 15.4 Å². The summed E-state index contributed by atoms with van der Waals surface area (Å²) >= 11 is 0. The van der Waals surface area contributed by atoms with Gasteiger partial charge in [0.2, 0.25) is 0 Å². The SMILES string of the molecule is CCCNCCNC(=O)c1ncccc1OC(C)C. The van der Waals surface area contributed by atoms with Crippen LogP contribution >= 0.6 is 0 Å². The Bertz CT molecular complexity index is 394.